The van der Waals surface area contributed by atoms with Crippen LogP contribution in [0.25, 0.3) is 5.57 Å². The molecule has 3 rings (SSSR count). The van der Waals surface area contributed by atoms with Crippen LogP contribution in [0.3, 0.4) is 0 Å². The Morgan fingerprint density at radius 3 is 2.46 bits per heavy atom. The molecule has 1 aromatic heterocycles. The van der Waals surface area contributed by atoms with Gasteiger partial charge in [0.1, 0.15) is 0 Å². The molecule has 1 aliphatic heterocycles. The minimum Gasteiger partial charge on any atom is -0.350 e. The predicted octanol–water partition coefficient (Wildman–Crippen LogP) is 4.09. The number of carbonyl (C=O) groups excluding carboxylic acids is 1. The zero-order valence-corrected chi connectivity index (χ0v) is 14.5. The third kappa shape index (κ3) is 3.73. The highest BCUT2D eigenvalue weighted by molar-refractivity contribution is 5.82. The van der Waals surface area contributed by atoms with Crippen LogP contribution in [0.2, 0.25) is 0 Å². The molecule has 0 spiro atoms. The molecule has 0 saturated carbocycles. The fourth-order valence-corrected chi connectivity index (χ4v) is 2.97. The Morgan fingerprint density at radius 1 is 1.17 bits per heavy atom. The number of benzene rings is 1. The minimum absolute atomic E-state index is 0.0804. The molecule has 2 heterocycles. The van der Waals surface area contributed by atoms with Gasteiger partial charge >= 0.3 is 0 Å². The molecule has 124 valence electrons. The van der Waals surface area contributed by atoms with Crippen molar-refractivity contribution in [2.45, 2.75) is 45.1 Å². The number of pyridine rings is 1. The van der Waals surface area contributed by atoms with Gasteiger partial charge in [-0.2, -0.15) is 0 Å². The van der Waals surface area contributed by atoms with E-state index >= 15 is 0 Å². The van der Waals surface area contributed by atoms with Gasteiger partial charge in [0.05, 0.1) is 5.69 Å². The summed E-state index contributed by atoms with van der Waals surface area (Å²) in [5, 5.41) is 3.02. The van der Waals surface area contributed by atoms with Crippen LogP contribution in [0.5, 0.6) is 0 Å². The zero-order valence-electron chi connectivity index (χ0n) is 14.5. The average Bonchev–Trinajstić information content (AvgIpc) is 2.98. The molecular formula is C21H24N2O. The smallest absolute Gasteiger partial charge is 0.220 e. The fourth-order valence-electron chi connectivity index (χ4n) is 2.97. The van der Waals surface area contributed by atoms with Crippen LogP contribution >= 0.6 is 0 Å². The second kappa shape index (κ2) is 6.60. The van der Waals surface area contributed by atoms with Gasteiger partial charge in [0.25, 0.3) is 0 Å². The van der Waals surface area contributed by atoms with Crippen LogP contribution in [0, 0.1) is 0 Å². The molecule has 1 atom stereocenters. The van der Waals surface area contributed by atoms with E-state index in [9.17, 15) is 4.79 Å². The van der Waals surface area contributed by atoms with E-state index in [1.165, 1.54) is 5.56 Å². The second-order valence-electron chi connectivity index (χ2n) is 7.34. The van der Waals surface area contributed by atoms with Crippen LogP contribution in [0.15, 0.2) is 54.7 Å². The van der Waals surface area contributed by atoms with E-state index < -0.39 is 0 Å². The molecule has 3 heteroatoms. The van der Waals surface area contributed by atoms with Gasteiger partial charge in [-0.25, -0.2) is 0 Å². The van der Waals surface area contributed by atoms with E-state index in [2.05, 4.69) is 61.4 Å². The van der Waals surface area contributed by atoms with Crippen molar-refractivity contribution in [3.8, 4) is 0 Å². The lowest BCUT2D eigenvalue weighted by molar-refractivity contribution is -0.119. The number of nitrogens with zero attached hydrogens (tertiary/aromatic N) is 1. The Morgan fingerprint density at radius 2 is 1.92 bits per heavy atom. The van der Waals surface area contributed by atoms with Crippen LogP contribution in [-0.4, -0.2) is 16.9 Å². The third-order valence-electron chi connectivity index (χ3n) is 4.40. The lowest BCUT2D eigenvalue weighted by atomic mass is 9.86. The van der Waals surface area contributed by atoms with Gasteiger partial charge in [-0.1, -0.05) is 57.2 Å². The Bertz CT molecular complexity index is 740. The first-order valence-corrected chi connectivity index (χ1v) is 8.47. The molecule has 1 N–H and O–H groups in total. The predicted molar refractivity (Wildman–Crippen MR) is 97.6 cm³/mol. The van der Waals surface area contributed by atoms with E-state index in [0.29, 0.717) is 6.42 Å². The molecule has 1 amide bonds. The van der Waals surface area contributed by atoms with Crippen molar-refractivity contribution in [2.24, 2.45) is 0 Å². The van der Waals surface area contributed by atoms with Gasteiger partial charge in [-0.05, 0) is 35.1 Å². The number of amides is 1. The fraction of sp³-hybridized carbons (Fsp3) is 0.333. The van der Waals surface area contributed by atoms with E-state index in [1.54, 1.807) is 6.20 Å². The number of hydrogen-bond donors (Lipinski definition) is 1. The van der Waals surface area contributed by atoms with E-state index in [4.69, 9.17) is 0 Å². The number of hydrogen-bond acceptors (Lipinski definition) is 2. The summed E-state index contributed by atoms with van der Waals surface area (Å²) in [5.74, 6) is 0.125. The highest BCUT2D eigenvalue weighted by atomic mass is 16.1. The van der Waals surface area contributed by atoms with Gasteiger partial charge < -0.3 is 5.32 Å². The van der Waals surface area contributed by atoms with E-state index in [-0.39, 0.29) is 17.4 Å². The monoisotopic (exact) mass is 320 g/mol. The molecular weight excluding hydrogens is 296 g/mol. The van der Waals surface area contributed by atoms with E-state index in [0.717, 1.165) is 23.3 Å². The first kappa shape index (κ1) is 16.4. The van der Waals surface area contributed by atoms with Crippen LogP contribution in [0.4, 0.5) is 0 Å². The molecule has 0 bridgehead atoms. The van der Waals surface area contributed by atoms with Gasteiger partial charge in [0.2, 0.25) is 5.91 Å². The van der Waals surface area contributed by atoms with Crippen molar-refractivity contribution in [3.63, 3.8) is 0 Å². The Kier molecular flexibility index (Phi) is 4.52. The SMILES string of the molecule is CC(C)(C)c1ccc(/C(=C\[C@H]2CCC(=O)N2)c2ccccn2)cc1. The van der Waals surface area contributed by atoms with Crippen LogP contribution in [0.1, 0.15) is 50.4 Å². The molecule has 3 nitrogen and oxygen atoms in total. The first-order valence-electron chi connectivity index (χ1n) is 8.47. The third-order valence-corrected chi connectivity index (χ3v) is 4.40. The van der Waals surface area contributed by atoms with Gasteiger partial charge in [-0.15, -0.1) is 0 Å². The van der Waals surface area contributed by atoms with Crippen LogP contribution < -0.4 is 5.32 Å². The summed E-state index contributed by atoms with van der Waals surface area (Å²) >= 11 is 0. The first-order chi connectivity index (χ1) is 11.4. The van der Waals surface area contributed by atoms with Gasteiger partial charge in [0.15, 0.2) is 0 Å². The molecule has 0 unspecified atom stereocenters. The number of rotatable bonds is 3. The van der Waals surface area contributed by atoms with Crippen LogP contribution in [-0.2, 0) is 10.2 Å². The molecule has 1 fully saturated rings. The Labute approximate surface area is 143 Å². The summed E-state index contributed by atoms with van der Waals surface area (Å²) in [7, 11) is 0. The average molecular weight is 320 g/mol. The highest BCUT2D eigenvalue weighted by Gasteiger charge is 2.20. The van der Waals surface area contributed by atoms with Crippen molar-refractivity contribution < 1.29 is 4.79 Å². The maximum Gasteiger partial charge on any atom is 0.220 e. The Hall–Kier alpha value is -2.42. The summed E-state index contributed by atoms with van der Waals surface area (Å²) in [6.07, 6.45) is 5.38. The maximum absolute atomic E-state index is 11.5. The molecule has 1 saturated heterocycles. The lowest BCUT2D eigenvalue weighted by Crippen LogP contribution is -2.23. The summed E-state index contributed by atoms with van der Waals surface area (Å²) in [6, 6.07) is 14.7. The summed E-state index contributed by atoms with van der Waals surface area (Å²) in [4.78, 5) is 16.0. The highest BCUT2D eigenvalue weighted by Crippen LogP contribution is 2.28. The summed E-state index contributed by atoms with van der Waals surface area (Å²) in [5.41, 5.74) is 4.57. The standard InChI is InChI=1S/C21H24N2O/c1-21(2,3)16-9-7-15(8-10-16)18(19-6-4-5-13-22-19)14-17-11-12-20(24)23-17/h4-10,13-14,17H,11-12H2,1-3H3,(H,23,24)/b18-14+/t17-/m1/s1. The lowest BCUT2D eigenvalue weighted by Gasteiger charge is -2.20. The normalized spacial score (nSPS) is 18.5. The zero-order chi connectivity index (χ0) is 17.2. The molecule has 2 aromatic rings. The topological polar surface area (TPSA) is 42.0 Å². The molecule has 0 aliphatic carbocycles. The largest absolute Gasteiger partial charge is 0.350 e. The maximum atomic E-state index is 11.5. The minimum atomic E-state index is 0.0804. The van der Waals surface area contributed by atoms with E-state index in [1.807, 2.05) is 18.2 Å². The second-order valence-corrected chi connectivity index (χ2v) is 7.34. The van der Waals surface area contributed by atoms with Crippen molar-refractivity contribution in [3.05, 3.63) is 71.6 Å². The quantitative estimate of drug-likeness (QED) is 0.925. The Balaban J connectivity index is 1.99. The van der Waals surface area contributed by atoms with Gasteiger partial charge in [0, 0.05) is 24.2 Å². The summed E-state index contributed by atoms with van der Waals surface area (Å²) in [6.45, 7) is 6.64. The summed E-state index contributed by atoms with van der Waals surface area (Å²) < 4.78 is 0. The van der Waals surface area contributed by atoms with Crippen molar-refractivity contribution in [1.29, 1.82) is 0 Å². The number of aromatic nitrogens is 1. The molecule has 1 aliphatic rings. The number of carbonyl (C=O) groups is 1. The van der Waals surface area contributed by atoms with Crippen molar-refractivity contribution in [2.75, 3.05) is 0 Å². The van der Waals surface area contributed by atoms with Crippen molar-refractivity contribution >= 4 is 11.5 Å². The molecule has 1 aromatic carbocycles. The van der Waals surface area contributed by atoms with Gasteiger partial charge in [-0.3, -0.25) is 9.78 Å². The molecule has 0 radical (unpaired) electrons. The van der Waals surface area contributed by atoms with Crippen molar-refractivity contribution in [1.82, 2.24) is 10.3 Å². The number of nitrogens with one attached hydrogen (secondary N) is 1. The molecule has 24 heavy (non-hydrogen) atoms.